The van der Waals surface area contributed by atoms with Gasteiger partial charge in [0.25, 0.3) is 0 Å². The fourth-order valence-electron chi connectivity index (χ4n) is 2.18. The summed E-state index contributed by atoms with van der Waals surface area (Å²) in [6.07, 6.45) is 4.98. The van der Waals surface area contributed by atoms with Gasteiger partial charge in [0.05, 0.1) is 0 Å². The van der Waals surface area contributed by atoms with Crippen LogP contribution in [-0.4, -0.2) is 12.6 Å². The minimum atomic E-state index is 0.675. The van der Waals surface area contributed by atoms with Crippen LogP contribution in [0.15, 0.2) is 24.3 Å². The van der Waals surface area contributed by atoms with E-state index in [0.29, 0.717) is 6.04 Å². The molecule has 0 bridgehead atoms. The molecule has 2 heteroatoms. The summed E-state index contributed by atoms with van der Waals surface area (Å²) in [5.74, 6) is 0.730. The highest BCUT2D eigenvalue weighted by atomic mass is 127. The zero-order valence-electron chi connectivity index (χ0n) is 11.9. The van der Waals surface area contributed by atoms with Crippen molar-refractivity contribution in [2.24, 2.45) is 5.92 Å². The zero-order chi connectivity index (χ0) is 13.4. The molecular formula is C16H26IN. The first-order chi connectivity index (χ1) is 8.63. The molecule has 0 saturated carbocycles. The monoisotopic (exact) mass is 359 g/mol. The summed E-state index contributed by atoms with van der Waals surface area (Å²) in [6.45, 7) is 8.01. The van der Waals surface area contributed by atoms with Crippen molar-refractivity contribution in [3.63, 3.8) is 0 Å². The highest BCUT2D eigenvalue weighted by Crippen LogP contribution is 2.13. The average molecular weight is 359 g/mol. The van der Waals surface area contributed by atoms with Crippen molar-refractivity contribution in [3.05, 3.63) is 33.4 Å². The molecule has 18 heavy (non-hydrogen) atoms. The van der Waals surface area contributed by atoms with E-state index in [0.717, 1.165) is 12.5 Å². The van der Waals surface area contributed by atoms with Gasteiger partial charge in [-0.1, -0.05) is 32.9 Å². The minimum Gasteiger partial charge on any atom is -0.314 e. The summed E-state index contributed by atoms with van der Waals surface area (Å²) >= 11 is 2.36. The first kappa shape index (κ1) is 16.0. The van der Waals surface area contributed by atoms with Gasteiger partial charge in [0.2, 0.25) is 0 Å². The predicted molar refractivity (Wildman–Crippen MR) is 89.0 cm³/mol. The Morgan fingerprint density at radius 2 is 1.83 bits per heavy atom. The van der Waals surface area contributed by atoms with Gasteiger partial charge < -0.3 is 5.32 Å². The van der Waals surface area contributed by atoms with Gasteiger partial charge in [-0.25, -0.2) is 0 Å². The Morgan fingerprint density at radius 3 is 2.39 bits per heavy atom. The lowest BCUT2D eigenvalue weighted by Crippen LogP contribution is -2.34. The van der Waals surface area contributed by atoms with E-state index in [1.54, 1.807) is 0 Å². The molecule has 0 aromatic heterocycles. The van der Waals surface area contributed by atoms with Gasteiger partial charge in [-0.3, -0.25) is 0 Å². The van der Waals surface area contributed by atoms with Crippen LogP contribution in [0.4, 0.5) is 0 Å². The maximum absolute atomic E-state index is 3.66. The van der Waals surface area contributed by atoms with E-state index >= 15 is 0 Å². The molecule has 1 atom stereocenters. The summed E-state index contributed by atoms with van der Waals surface area (Å²) in [5.41, 5.74) is 1.47. The Kier molecular flexibility index (Phi) is 7.91. The first-order valence-corrected chi connectivity index (χ1v) is 8.19. The maximum Gasteiger partial charge on any atom is 0.0130 e. The maximum atomic E-state index is 3.66. The Bertz CT molecular complexity index is 318. The van der Waals surface area contributed by atoms with Gasteiger partial charge >= 0.3 is 0 Å². The van der Waals surface area contributed by atoms with Crippen LogP contribution in [0.3, 0.4) is 0 Å². The molecule has 0 spiro atoms. The fraction of sp³-hybridized carbons (Fsp3) is 0.625. The zero-order valence-corrected chi connectivity index (χ0v) is 14.0. The summed E-state index contributed by atoms with van der Waals surface area (Å²) < 4.78 is 1.32. The summed E-state index contributed by atoms with van der Waals surface area (Å²) in [5, 5.41) is 3.66. The second kappa shape index (κ2) is 8.92. The Morgan fingerprint density at radius 1 is 1.17 bits per heavy atom. The molecule has 0 aliphatic rings. The molecule has 0 radical (unpaired) electrons. The summed E-state index contributed by atoms with van der Waals surface area (Å²) in [6, 6.07) is 9.59. The number of nitrogens with one attached hydrogen (secondary N) is 1. The SMILES string of the molecule is CCCNC(CCCc1ccc(I)cc1)C(C)C. The molecule has 102 valence electrons. The van der Waals surface area contributed by atoms with Crippen molar-refractivity contribution in [1.82, 2.24) is 5.32 Å². The van der Waals surface area contributed by atoms with Crippen molar-refractivity contribution >= 4 is 22.6 Å². The third-order valence-electron chi connectivity index (χ3n) is 3.36. The lowest BCUT2D eigenvalue weighted by atomic mass is 9.96. The third kappa shape index (κ3) is 6.19. The lowest BCUT2D eigenvalue weighted by molar-refractivity contribution is 0.370. The van der Waals surface area contributed by atoms with E-state index < -0.39 is 0 Å². The van der Waals surface area contributed by atoms with E-state index in [4.69, 9.17) is 0 Å². The van der Waals surface area contributed by atoms with Crippen LogP contribution in [0, 0.1) is 9.49 Å². The van der Waals surface area contributed by atoms with Crippen LogP contribution >= 0.6 is 22.6 Å². The molecule has 1 aromatic rings. The molecule has 1 unspecified atom stereocenters. The van der Waals surface area contributed by atoms with E-state index in [9.17, 15) is 0 Å². The number of hydrogen-bond donors (Lipinski definition) is 1. The normalized spacial score (nSPS) is 12.9. The largest absolute Gasteiger partial charge is 0.314 e. The molecule has 0 amide bonds. The molecule has 0 heterocycles. The fourth-order valence-corrected chi connectivity index (χ4v) is 2.54. The molecular weight excluding hydrogens is 333 g/mol. The topological polar surface area (TPSA) is 12.0 Å². The number of hydrogen-bond acceptors (Lipinski definition) is 1. The van der Waals surface area contributed by atoms with Crippen molar-refractivity contribution in [2.75, 3.05) is 6.54 Å². The van der Waals surface area contributed by atoms with Gasteiger partial charge in [-0.05, 0) is 78.4 Å². The number of benzene rings is 1. The number of halogens is 1. The second-order valence-corrected chi connectivity index (χ2v) is 6.57. The first-order valence-electron chi connectivity index (χ1n) is 7.11. The number of aryl methyl sites for hydroxylation is 1. The molecule has 0 fully saturated rings. The quantitative estimate of drug-likeness (QED) is 0.667. The molecule has 1 aromatic carbocycles. The smallest absolute Gasteiger partial charge is 0.0130 e. The second-order valence-electron chi connectivity index (χ2n) is 5.32. The van der Waals surface area contributed by atoms with E-state index in [2.05, 4.69) is 72.9 Å². The van der Waals surface area contributed by atoms with Crippen LogP contribution in [0.25, 0.3) is 0 Å². The molecule has 0 saturated heterocycles. The van der Waals surface area contributed by atoms with Crippen molar-refractivity contribution in [2.45, 2.75) is 52.5 Å². The van der Waals surface area contributed by atoms with E-state index in [1.165, 1.54) is 34.8 Å². The third-order valence-corrected chi connectivity index (χ3v) is 4.07. The predicted octanol–water partition coefficient (Wildman–Crippen LogP) is 4.64. The lowest BCUT2D eigenvalue weighted by Gasteiger charge is -2.22. The van der Waals surface area contributed by atoms with Gasteiger partial charge in [-0.2, -0.15) is 0 Å². The Balaban J connectivity index is 2.31. The molecule has 1 nitrogen and oxygen atoms in total. The Hall–Kier alpha value is -0.0900. The van der Waals surface area contributed by atoms with Crippen molar-refractivity contribution < 1.29 is 0 Å². The van der Waals surface area contributed by atoms with Gasteiger partial charge in [0.1, 0.15) is 0 Å². The highest BCUT2D eigenvalue weighted by Gasteiger charge is 2.11. The molecule has 0 aliphatic heterocycles. The summed E-state index contributed by atoms with van der Waals surface area (Å²) in [7, 11) is 0. The summed E-state index contributed by atoms with van der Waals surface area (Å²) in [4.78, 5) is 0. The van der Waals surface area contributed by atoms with Gasteiger partial charge in [0, 0.05) is 9.61 Å². The van der Waals surface area contributed by atoms with E-state index in [1.807, 2.05) is 0 Å². The van der Waals surface area contributed by atoms with Crippen molar-refractivity contribution in [3.8, 4) is 0 Å². The highest BCUT2D eigenvalue weighted by molar-refractivity contribution is 14.1. The van der Waals surface area contributed by atoms with Crippen LogP contribution in [0.5, 0.6) is 0 Å². The van der Waals surface area contributed by atoms with Crippen LogP contribution in [0.1, 0.15) is 45.6 Å². The van der Waals surface area contributed by atoms with Crippen LogP contribution < -0.4 is 5.32 Å². The molecule has 0 aliphatic carbocycles. The average Bonchev–Trinajstić information content (AvgIpc) is 2.35. The van der Waals surface area contributed by atoms with E-state index in [-0.39, 0.29) is 0 Å². The van der Waals surface area contributed by atoms with Crippen LogP contribution in [0.2, 0.25) is 0 Å². The number of rotatable bonds is 8. The van der Waals surface area contributed by atoms with Gasteiger partial charge in [0.15, 0.2) is 0 Å². The Labute approximate surface area is 126 Å². The van der Waals surface area contributed by atoms with Gasteiger partial charge in [-0.15, -0.1) is 0 Å². The minimum absolute atomic E-state index is 0.675. The standard InChI is InChI=1S/C16H26IN/c1-4-12-18-16(13(2)3)7-5-6-14-8-10-15(17)11-9-14/h8-11,13,16,18H,4-7,12H2,1-3H3. The molecule has 1 N–H and O–H groups in total. The molecule has 1 rings (SSSR count). The van der Waals surface area contributed by atoms with Crippen molar-refractivity contribution in [1.29, 1.82) is 0 Å². The van der Waals surface area contributed by atoms with Crippen LogP contribution in [-0.2, 0) is 6.42 Å².